The Bertz CT molecular complexity index is 303. The van der Waals surface area contributed by atoms with Crippen LogP contribution in [0.4, 0.5) is 0 Å². The van der Waals surface area contributed by atoms with Crippen molar-refractivity contribution >= 4 is 30.3 Å². The molecule has 2 atom stereocenters. The third kappa shape index (κ3) is 3.92. The van der Waals surface area contributed by atoms with Crippen molar-refractivity contribution in [3.8, 4) is 0 Å². The Hall–Kier alpha value is -0.695. The van der Waals surface area contributed by atoms with Crippen LogP contribution in [-0.4, -0.2) is 56.7 Å². The highest BCUT2D eigenvalue weighted by Crippen LogP contribution is 2.20. The van der Waals surface area contributed by atoms with Gasteiger partial charge in [-0.05, 0) is 19.3 Å². The Labute approximate surface area is 106 Å². The fourth-order valence-corrected chi connectivity index (χ4v) is 2.34. The summed E-state index contributed by atoms with van der Waals surface area (Å²) >= 11 is 5.17. The summed E-state index contributed by atoms with van der Waals surface area (Å²) in [7, 11) is -1.44. The van der Waals surface area contributed by atoms with Gasteiger partial charge in [0.2, 0.25) is 0 Å². The van der Waals surface area contributed by atoms with Gasteiger partial charge in [0.25, 0.3) is 0 Å². The van der Waals surface area contributed by atoms with Crippen LogP contribution in [0.5, 0.6) is 0 Å². The van der Waals surface area contributed by atoms with E-state index in [4.69, 9.17) is 23.1 Å². The Kier molecular flexibility index (Phi) is 5.32. The molecular weight excluding hydrogens is 243 g/mol. The molecule has 8 heteroatoms. The van der Waals surface area contributed by atoms with Crippen LogP contribution in [-0.2, 0) is 4.79 Å². The molecular formula is C9H17BN2O4S. The first kappa shape index (κ1) is 14.4. The lowest BCUT2D eigenvalue weighted by Crippen LogP contribution is -2.50. The minimum absolute atomic E-state index is 0.0402. The summed E-state index contributed by atoms with van der Waals surface area (Å²) in [5, 5.41) is 26.9. The monoisotopic (exact) mass is 260 g/mol. The standard InChI is InChI=1S/C9H17BN2O4S/c11-6(3-4-8(13)14)9(17)12-5-1-2-7(12)10(15)16/h6-7,15-16H,1-5,11H2,(H,13,14)/t6-,7-/m0/s1. The maximum Gasteiger partial charge on any atom is 0.475 e. The summed E-state index contributed by atoms with van der Waals surface area (Å²) in [6.07, 6.45) is 1.71. The highest BCUT2D eigenvalue weighted by molar-refractivity contribution is 7.80. The van der Waals surface area contributed by atoms with E-state index in [-0.39, 0.29) is 12.8 Å². The van der Waals surface area contributed by atoms with E-state index in [0.717, 1.165) is 6.42 Å². The molecule has 17 heavy (non-hydrogen) atoms. The summed E-state index contributed by atoms with van der Waals surface area (Å²) in [4.78, 5) is 12.5. The molecule has 1 aliphatic rings. The van der Waals surface area contributed by atoms with E-state index in [1.54, 1.807) is 4.90 Å². The number of nitrogens with two attached hydrogens (primary N) is 1. The summed E-state index contributed by atoms with van der Waals surface area (Å²) in [5.74, 6) is -1.33. The molecule has 1 fully saturated rings. The fraction of sp³-hybridized carbons (Fsp3) is 0.778. The molecule has 0 radical (unpaired) electrons. The lowest BCUT2D eigenvalue weighted by atomic mass is 9.78. The zero-order valence-electron chi connectivity index (χ0n) is 9.45. The molecule has 1 heterocycles. The number of likely N-dealkylation sites (tertiary alicyclic amines) is 1. The topological polar surface area (TPSA) is 107 Å². The Balaban J connectivity index is 2.53. The number of aliphatic carboxylic acids is 1. The summed E-state index contributed by atoms with van der Waals surface area (Å²) in [5.41, 5.74) is 5.80. The zero-order chi connectivity index (χ0) is 13.0. The molecule has 0 aromatic carbocycles. The molecule has 0 saturated carbocycles. The van der Waals surface area contributed by atoms with Crippen molar-refractivity contribution in [3.05, 3.63) is 0 Å². The molecule has 6 nitrogen and oxygen atoms in total. The number of hydrogen-bond acceptors (Lipinski definition) is 5. The van der Waals surface area contributed by atoms with E-state index in [2.05, 4.69) is 0 Å². The second-order valence-electron chi connectivity index (χ2n) is 4.19. The number of carbonyl (C=O) groups is 1. The first-order chi connectivity index (χ1) is 7.93. The first-order valence-electron chi connectivity index (χ1n) is 5.57. The van der Waals surface area contributed by atoms with Crippen LogP contribution in [0.3, 0.4) is 0 Å². The average Bonchev–Trinajstić information content (AvgIpc) is 2.73. The minimum atomic E-state index is -1.44. The lowest BCUT2D eigenvalue weighted by molar-refractivity contribution is -0.137. The van der Waals surface area contributed by atoms with Gasteiger partial charge in [0.1, 0.15) is 0 Å². The van der Waals surface area contributed by atoms with Crippen LogP contribution >= 0.6 is 12.2 Å². The van der Waals surface area contributed by atoms with Crippen molar-refractivity contribution in [2.24, 2.45) is 5.73 Å². The normalized spacial score (nSPS) is 21.4. The summed E-state index contributed by atoms with van der Waals surface area (Å²) in [6.45, 7) is 0.641. The van der Waals surface area contributed by atoms with Crippen molar-refractivity contribution in [1.82, 2.24) is 4.90 Å². The molecule has 1 aliphatic heterocycles. The van der Waals surface area contributed by atoms with E-state index >= 15 is 0 Å². The van der Waals surface area contributed by atoms with Gasteiger partial charge in [0.05, 0.1) is 17.0 Å². The average molecular weight is 260 g/mol. The second-order valence-corrected chi connectivity index (χ2v) is 4.61. The second kappa shape index (κ2) is 6.30. The molecule has 0 unspecified atom stereocenters. The van der Waals surface area contributed by atoms with Crippen LogP contribution in [0.2, 0.25) is 0 Å². The number of nitrogens with zero attached hydrogens (tertiary/aromatic N) is 1. The predicted octanol–water partition coefficient (Wildman–Crippen LogP) is -1.02. The van der Waals surface area contributed by atoms with Crippen LogP contribution in [0.1, 0.15) is 25.7 Å². The van der Waals surface area contributed by atoms with E-state index < -0.39 is 25.1 Å². The Morgan fingerprint density at radius 2 is 2.24 bits per heavy atom. The number of carboxylic acid groups (broad SMARTS) is 1. The molecule has 0 spiro atoms. The van der Waals surface area contributed by atoms with Crippen molar-refractivity contribution in [3.63, 3.8) is 0 Å². The molecule has 1 rings (SSSR count). The largest absolute Gasteiger partial charge is 0.481 e. The molecule has 96 valence electrons. The van der Waals surface area contributed by atoms with Gasteiger partial charge in [-0.1, -0.05) is 12.2 Å². The van der Waals surface area contributed by atoms with E-state index in [1.807, 2.05) is 0 Å². The van der Waals surface area contributed by atoms with Crippen LogP contribution in [0.25, 0.3) is 0 Å². The highest BCUT2D eigenvalue weighted by Gasteiger charge is 2.36. The number of rotatable bonds is 5. The molecule has 0 bridgehead atoms. The van der Waals surface area contributed by atoms with Crippen LogP contribution in [0, 0.1) is 0 Å². The molecule has 0 aromatic rings. The van der Waals surface area contributed by atoms with E-state index in [1.165, 1.54) is 0 Å². The van der Waals surface area contributed by atoms with E-state index in [0.29, 0.717) is 18.0 Å². The number of thiocarbonyl (C=S) groups is 1. The smallest absolute Gasteiger partial charge is 0.475 e. The summed E-state index contributed by atoms with van der Waals surface area (Å²) < 4.78 is 0. The maximum absolute atomic E-state index is 10.4. The number of carboxylic acids is 1. The molecule has 0 aromatic heterocycles. The molecule has 5 N–H and O–H groups in total. The van der Waals surface area contributed by atoms with Crippen LogP contribution in [0.15, 0.2) is 0 Å². The highest BCUT2D eigenvalue weighted by atomic mass is 32.1. The van der Waals surface area contributed by atoms with Crippen molar-refractivity contribution < 1.29 is 19.9 Å². The third-order valence-electron chi connectivity index (χ3n) is 2.91. The Morgan fingerprint density at radius 1 is 1.59 bits per heavy atom. The lowest BCUT2D eigenvalue weighted by Gasteiger charge is -2.29. The molecule has 0 aliphatic carbocycles. The van der Waals surface area contributed by atoms with Crippen molar-refractivity contribution in [2.75, 3.05) is 6.54 Å². The third-order valence-corrected chi connectivity index (χ3v) is 3.45. The van der Waals surface area contributed by atoms with Crippen molar-refractivity contribution in [2.45, 2.75) is 37.7 Å². The molecule has 0 amide bonds. The van der Waals surface area contributed by atoms with Gasteiger partial charge in [-0.15, -0.1) is 0 Å². The minimum Gasteiger partial charge on any atom is -0.481 e. The first-order valence-corrected chi connectivity index (χ1v) is 5.98. The quantitative estimate of drug-likeness (QED) is 0.370. The van der Waals surface area contributed by atoms with Crippen LogP contribution < -0.4 is 5.73 Å². The van der Waals surface area contributed by atoms with Gasteiger partial charge in [-0.25, -0.2) is 0 Å². The van der Waals surface area contributed by atoms with Gasteiger partial charge < -0.3 is 25.8 Å². The predicted molar refractivity (Wildman–Crippen MR) is 67.4 cm³/mol. The van der Waals surface area contributed by atoms with Gasteiger partial charge in [-0.3, -0.25) is 4.79 Å². The van der Waals surface area contributed by atoms with Crippen molar-refractivity contribution in [1.29, 1.82) is 0 Å². The maximum atomic E-state index is 10.4. The Morgan fingerprint density at radius 3 is 2.76 bits per heavy atom. The SMILES string of the molecule is N[C@@H](CCC(=O)O)C(=S)N1CCC[C@H]1B(O)O. The van der Waals surface area contributed by atoms with Gasteiger partial charge >= 0.3 is 13.1 Å². The van der Waals surface area contributed by atoms with Gasteiger partial charge in [0.15, 0.2) is 0 Å². The molecule has 1 saturated heterocycles. The number of hydrogen-bond donors (Lipinski definition) is 4. The fourth-order valence-electron chi connectivity index (χ4n) is 1.99. The van der Waals surface area contributed by atoms with E-state index in [9.17, 15) is 14.8 Å². The van der Waals surface area contributed by atoms with Gasteiger partial charge in [0, 0.05) is 13.0 Å². The van der Waals surface area contributed by atoms with Gasteiger partial charge in [-0.2, -0.15) is 0 Å². The summed E-state index contributed by atoms with van der Waals surface area (Å²) in [6, 6.07) is -0.527. The zero-order valence-corrected chi connectivity index (χ0v) is 10.3.